The number of carboxylic acid groups (broad SMARTS) is 1. The fourth-order valence-electron chi connectivity index (χ4n) is 4.06. The summed E-state index contributed by atoms with van der Waals surface area (Å²) in [4.78, 5) is 20.0. The minimum absolute atomic E-state index is 0.176. The molecule has 158 valence electrons. The average molecular weight is 383 g/mol. The van der Waals surface area contributed by atoms with E-state index >= 15 is 0 Å². The fourth-order valence-corrected chi connectivity index (χ4v) is 4.06. The summed E-state index contributed by atoms with van der Waals surface area (Å²) in [5, 5.41) is 7.89. The number of carbonyl (C=O) groups excluding carboxylic acids is 1. The third-order valence-electron chi connectivity index (χ3n) is 5.21. The van der Waals surface area contributed by atoms with Crippen LogP contribution in [0.4, 0.5) is 0 Å². The number of hydrogen-bond donors (Lipinski definition) is 1. The van der Waals surface area contributed by atoms with Crippen LogP contribution in [-0.2, 0) is 14.3 Å². The van der Waals surface area contributed by atoms with Gasteiger partial charge in [0.15, 0.2) is 0 Å². The van der Waals surface area contributed by atoms with Crippen molar-refractivity contribution in [3.63, 3.8) is 0 Å². The highest BCUT2D eigenvalue weighted by Gasteiger charge is 2.45. The fraction of sp³-hybridized carbons (Fsp3) is 0.739. The van der Waals surface area contributed by atoms with Gasteiger partial charge in [-0.25, -0.2) is 9.59 Å². The molecule has 0 aliphatic heterocycles. The summed E-state index contributed by atoms with van der Waals surface area (Å²) in [6.07, 6.45) is 7.58. The van der Waals surface area contributed by atoms with E-state index in [-0.39, 0.29) is 11.5 Å². The maximum absolute atomic E-state index is 10.4. The van der Waals surface area contributed by atoms with Gasteiger partial charge in [0.05, 0.1) is 6.61 Å². The monoisotopic (exact) mass is 382 g/mol. The number of ether oxygens (including phenoxy) is 1. The largest absolute Gasteiger partial charge is 0.478 e. The molecule has 0 aromatic rings. The first-order valence-electron chi connectivity index (χ1n) is 10.4. The van der Waals surface area contributed by atoms with Crippen LogP contribution in [0.25, 0.3) is 0 Å². The summed E-state index contributed by atoms with van der Waals surface area (Å²) in [6, 6.07) is 0. The molecule has 2 aliphatic carbocycles. The molecule has 1 N–H and O–H groups in total. The van der Waals surface area contributed by atoms with Gasteiger partial charge in [-0.2, -0.15) is 0 Å². The van der Waals surface area contributed by atoms with Gasteiger partial charge < -0.3 is 9.84 Å². The molecular weight excluding hydrogens is 340 g/mol. The summed E-state index contributed by atoms with van der Waals surface area (Å²) in [7, 11) is 0. The highest BCUT2D eigenvalue weighted by molar-refractivity contribution is 5.86. The zero-order valence-corrected chi connectivity index (χ0v) is 18.6. The van der Waals surface area contributed by atoms with E-state index in [0.29, 0.717) is 12.2 Å². The van der Waals surface area contributed by atoms with Crippen molar-refractivity contribution >= 4 is 11.9 Å². The van der Waals surface area contributed by atoms with E-state index in [1.54, 1.807) is 33.1 Å². The summed E-state index contributed by atoms with van der Waals surface area (Å²) in [5.41, 5.74) is 0.627. The molecule has 2 fully saturated rings. The average Bonchev–Trinajstić information content (AvgIpc) is 3.25. The van der Waals surface area contributed by atoms with Crippen molar-refractivity contribution in [1.82, 2.24) is 0 Å². The molecule has 0 saturated heterocycles. The van der Waals surface area contributed by atoms with Crippen LogP contribution >= 0.6 is 0 Å². The van der Waals surface area contributed by atoms with Gasteiger partial charge in [-0.05, 0) is 63.7 Å². The minimum atomic E-state index is -0.935. The van der Waals surface area contributed by atoms with Gasteiger partial charge in [0.2, 0.25) is 0 Å². The number of aliphatic carboxylic acids is 1. The van der Waals surface area contributed by atoms with Gasteiger partial charge in [-0.15, -0.1) is 0 Å². The molecule has 0 radical (unpaired) electrons. The number of hydrogen-bond acceptors (Lipinski definition) is 3. The van der Waals surface area contributed by atoms with Gasteiger partial charge in [0, 0.05) is 11.1 Å². The highest BCUT2D eigenvalue weighted by Crippen LogP contribution is 2.54. The zero-order chi connectivity index (χ0) is 21.6. The molecule has 27 heavy (non-hydrogen) atoms. The standard InChI is InChI=1S/C11H20.C6H10O2.C4H6O2.C2H6/c1-3-10-8-5-6-9(7-8)11(10)4-2;1-4-8-6(7)5(2)3;1-3(2)4(5)6;1-2/h8-11H,3-7H2,1-2H3;2,4H2,1,3H3;1H2,2H3,(H,5,6);1-2H3. The van der Waals surface area contributed by atoms with Crippen LogP contribution in [-0.4, -0.2) is 23.7 Å². The van der Waals surface area contributed by atoms with Gasteiger partial charge in [-0.1, -0.05) is 53.7 Å². The minimum Gasteiger partial charge on any atom is -0.478 e. The molecule has 0 heterocycles. The van der Waals surface area contributed by atoms with Gasteiger partial charge in [0.1, 0.15) is 0 Å². The van der Waals surface area contributed by atoms with Crippen LogP contribution in [0.3, 0.4) is 0 Å². The molecule has 2 bridgehead atoms. The quantitative estimate of drug-likeness (QED) is 0.450. The highest BCUT2D eigenvalue weighted by atomic mass is 16.5. The molecule has 0 spiro atoms. The Balaban J connectivity index is 0. The Kier molecular flexibility index (Phi) is 15.8. The number of esters is 1. The molecule has 0 aromatic carbocycles. The summed E-state index contributed by atoms with van der Waals surface area (Å²) in [6.45, 7) is 20.6. The second-order valence-electron chi connectivity index (χ2n) is 7.06. The van der Waals surface area contributed by atoms with E-state index in [1.807, 2.05) is 13.8 Å². The second kappa shape index (κ2) is 15.5. The van der Waals surface area contributed by atoms with Gasteiger partial charge in [-0.3, -0.25) is 0 Å². The van der Waals surface area contributed by atoms with E-state index in [4.69, 9.17) is 5.11 Å². The molecule has 4 unspecified atom stereocenters. The van der Waals surface area contributed by atoms with E-state index < -0.39 is 5.97 Å². The van der Waals surface area contributed by atoms with E-state index in [9.17, 15) is 9.59 Å². The maximum atomic E-state index is 10.4. The lowest BCUT2D eigenvalue weighted by atomic mass is 9.77. The molecule has 2 saturated carbocycles. The zero-order valence-electron chi connectivity index (χ0n) is 18.6. The van der Waals surface area contributed by atoms with Gasteiger partial charge >= 0.3 is 11.9 Å². The predicted octanol–water partition coefficient (Wildman–Crippen LogP) is 6.27. The van der Waals surface area contributed by atoms with Crippen LogP contribution < -0.4 is 0 Å². The third kappa shape index (κ3) is 10.4. The molecule has 2 aliphatic rings. The van der Waals surface area contributed by atoms with Crippen LogP contribution in [0.1, 0.15) is 80.6 Å². The Morgan fingerprint density at radius 1 is 0.926 bits per heavy atom. The SMILES string of the molecule is C=C(C)C(=O)O.C=C(C)C(=O)OCC.CC.CCC1C2CCC(C2)C1CC. The van der Waals surface area contributed by atoms with Crippen molar-refractivity contribution in [2.45, 2.75) is 80.6 Å². The molecule has 0 aromatic heterocycles. The maximum Gasteiger partial charge on any atom is 0.333 e. The molecule has 4 heteroatoms. The smallest absolute Gasteiger partial charge is 0.333 e. The third-order valence-corrected chi connectivity index (χ3v) is 5.21. The Labute approximate surface area is 167 Å². The first-order valence-corrected chi connectivity index (χ1v) is 10.4. The Hall–Kier alpha value is -1.58. The number of fused-ring (bicyclic) bond motifs is 2. The van der Waals surface area contributed by atoms with Crippen molar-refractivity contribution in [2.24, 2.45) is 23.7 Å². The topological polar surface area (TPSA) is 63.6 Å². The Morgan fingerprint density at radius 3 is 1.48 bits per heavy atom. The molecular formula is C23H42O4. The van der Waals surface area contributed by atoms with Crippen molar-refractivity contribution in [2.75, 3.05) is 6.61 Å². The van der Waals surface area contributed by atoms with Crippen LogP contribution in [0.15, 0.2) is 24.3 Å². The summed E-state index contributed by atoms with van der Waals surface area (Å²) in [5.74, 6) is 3.24. The predicted molar refractivity (Wildman–Crippen MR) is 114 cm³/mol. The van der Waals surface area contributed by atoms with Crippen molar-refractivity contribution in [1.29, 1.82) is 0 Å². The van der Waals surface area contributed by atoms with Gasteiger partial charge in [0.25, 0.3) is 0 Å². The molecule has 4 nitrogen and oxygen atoms in total. The number of rotatable bonds is 5. The number of carboxylic acids is 1. The molecule has 4 atom stereocenters. The first-order chi connectivity index (χ1) is 12.7. The first kappa shape index (κ1) is 27.6. The lowest BCUT2D eigenvalue weighted by molar-refractivity contribution is -0.138. The van der Waals surface area contributed by atoms with Crippen LogP contribution in [0, 0.1) is 23.7 Å². The van der Waals surface area contributed by atoms with Crippen molar-refractivity contribution in [3.05, 3.63) is 24.3 Å². The van der Waals surface area contributed by atoms with E-state index in [2.05, 4.69) is 31.7 Å². The Bertz CT molecular complexity index is 439. The van der Waals surface area contributed by atoms with Crippen LogP contribution in [0.2, 0.25) is 0 Å². The number of carbonyl (C=O) groups is 2. The lowest BCUT2D eigenvalue weighted by Crippen LogP contribution is -2.20. The summed E-state index contributed by atoms with van der Waals surface area (Å²) >= 11 is 0. The van der Waals surface area contributed by atoms with E-state index in [0.717, 1.165) is 23.7 Å². The second-order valence-corrected chi connectivity index (χ2v) is 7.06. The normalized spacial score (nSPS) is 24.1. The van der Waals surface area contributed by atoms with Crippen molar-refractivity contribution < 1.29 is 19.4 Å². The summed E-state index contributed by atoms with van der Waals surface area (Å²) < 4.78 is 4.56. The van der Waals surface area contributed by atoms with Crippen LogP contribution in [0.5, 0.6) is 0 Å². The molecule has 0 amide bonds. The molecule has 2 rings (SSSR count). The lowest BCUT2D eigenvalue weighted by Gasteiger charge is -2.29. The van der Waals surface area contributed by atoms with Crippen molar-refractivity contribution in [3.8, 4) is 0 Å². The Morgan fingerprint density at radius 2 is 1.30 bits per heavy atom. The van der Waals surface area contributed by atoms with E-state index in [1.165, 1.54) is 19.8 Å².